The van der Waals surface area contributed by atoms with Gasteiger partial charge in [-0.15, -0.1) is 0 Å². The topological polar surface area (TPSA) is 35.5 Å². The molecule has 0 saturated heterocycles. The van der Waals surface area contributed by atoms with E-state index in [1.165, 1.54) is 5.56 Å². The van der Waals surface area contributed by atoms with Gasteiger partial charge in [0.25, 0.3) is 0 Å². The smallest absolute Gasteiger partial charge is 0.337 e. The Morgan fingerprint density at radius 1 is 1.25 bits per heavy atom. The Bertz CT molecular complexity index is 328. The fourth-order valence-corrected chi connectivity index (χ4v) is 1.19. The van der Waals surface area contributed by atoms with Crippen molar-refractivity contribution in [3.05, 3.63) is 29.8 Å². The minimum absolute atomic E-state index is 0.00675. The molecule has 16 heavy (non-hydrogen) atoms. The lowest BCUT2D eigenvalue weighted by molar-refractivity contribution is -0.140. The minimum Gasteiger partial charge on any atom is -0.425 e. The number of hydrogen-bond donors (Lipinski definition) is 0. The molecule has 1 aromatic rings. The van der Waals surface area contributed by atoms with Crippen LogP contribution in [0.2, 0.25) is 0 Å². The highest BCUT2D eigenvalue weighted by molar-refractivity contribution is 5.73. The van der Waals surface area contributed by atoms with Crippen LogP contribution in [0.5, 0.6) is 5.75 Å². The molecule has 0 aliphatic carbocycles. The molecule has 0 aliphatic rings. The van der Waals surface area contributed by atoms with Crippen molar-refractivity contribution in [2.24, 2.45) is 0 Å². The molecule has 88 valence electrons. The van der Waals surface area contributed by atoms with Gasteiger partial charge in [-0.3, -0.25) is 0 Å². The SMILES string of the molecule is CCc1ccc(OC(=O)COC(C)C)cc1. The third-order valence-corrected chi connectivity index (χ3v) is 2.10. The minimum atomic E-state index is -0.363. The summed E-state index contributed by atoms with van der Waals surface area (Å²) in [6.45, 7) is 5.83. The highest BCUT2D eigenvalue weighted by Crippen LogP contribution is 2.12. The maximum absolute atomic E-state index is 11.3. The predicted octanol–water partition coefficient (Wildman–Crippen LogP) is 2.58. The molecule has 0 heterocycles. The van der Waals surface area contributed by atoms with Gasteiger partial charge in [0.1, 0.15) is 12.4 Å². The molecule has 0 bridgehead atoms. The van der Waals surface area contributed by atoms with Crippen LogP contribution >= 0.6 is 0 Å². The molecule has 1 rings (SSSR count). The van der Waals surface area contributed by atoms with Gasteiger partial charge in [-0.1, -0.05) is 19.1 Å². The first kappa shape index (κ1) is 12.7. The average Bonchev–Trinajstić information content (AvgIpc) is 2.27. The summed E-state index contributed by atoms with van der Waals surface area (Å²) >= 11 is 0. The zero-order valence-electron chi connectivity index (χ0n) is 10.0. The van der Waals surface area contributed by atoms with Gasteiger partial charge in [0.05, 0.1) is 6.10 Å². The van der Waals surface area contributed by atoms with Crippen molar-refractivity contribution in [2.75, 3.05) is 6.61 Å². The van der Waals surface area contributed by atoms with Crippen LogP contribution in [0.4, 0.5) is 0 Å². The van der Waals surface area contributed by atoms with Gasteiger partial charge in [-0.2, -0.15) is 0 Å². The summed E-state index contributed by atoms with van der Waals surface area (Å²) in [5.41, 5.74) is 1.22. The van der Waals surface area contributed by atoms with Crippen LogP contribution in [0.15, 0.2) is 24.3 Å². The molecule has 0 amide bonds. The van der Waals surface area contributed by atoms with Gasteiger partial charge < -0.3 is 9.47 Å². The molecule has 3 heteroatoms. The van der Waals surface area contributed by atoms with E-state index in [-0.39, 0.29) is 18.7 Å². The van der Waals surface area contributed by atoms with E-state index < -0.39 is 0 Å². The van der Waals surface area contributed by atoms with Crippen LogP contribution in [0.25, 0.3) is 0 Å². The lowest BCUT2D eigenvalue weighted by Gasteiger charge is -2.07. The summed E-state index contributed by atoms with van der Waals surface area (Å²) in [5.74, 6) is 0.201. The summed E-state index contributed by atoms with van der Waals surface area (Å²) in [6, 6.07) is 7.50. The number of esters is 1. The summed E-state index contributed by atoms with van der Waals surface area (Å²) in [4.78, 5) is 11.3. The van der Waals surface area contributed by atoms with Crippen LogP contribution in [0, 0.1) is 0 Å². The van der Waals surface area contributed by atoms with Crippen LogP contribution < -0.4 is 4.74 Å². The second-order valence-corrected chi connectivity index (χ2v) is 3.83. The Hall–Kier alpha value is -1.35. The maximum atomic E-state index is 11.3. The molecule has 0 spiro atoms. The first-order valence-electron chi connectivity index (χ1n) is 5.53. The fraction of sp³-hybridized carbons (Fsp3) is 0.462. The van der Waals surface area contributed by atoms with Gasteiger partial charge in [-0.25, -0.2) is 4.79 Å². The summed E-state index contributed by atoms with van der Waals surface area (Å²) in [6.07, 6.45) is 1.01. The van der Waals surface area contributed by atoms with Crippen LogP contribution in [-0.4, -0.2) is 18.7 Å². The van der Waals surface area contributed by atoms with Crippen molar-refractivity contribution in [3.63, 3.8) is 0 Å². The molecule has 0 N–H and O–H groups in total. The van der Waals surface area contributed by atoms with Crippen LogP contribution in [-0.2, 0) is 16.0 Å². The average molecular weight is 222 g/mol. The number of hydrogen-bond acceptors (Lipinski definition) is 3. The quantitative estimate of drug-likeness (QED) is 0.567. The third-order valence-electron chi connectivity index (χ3n) is 2.10. The van der Waals surface area contributed by atoms with E-state index in [4.69, 9.17) is 9.47 Å². The Balaban J connectivity index is 2.43. The molecule has 3 nitrogen and oxygen atoms in total. The van der Waals surface area contributed by atoms with Crippen LogP contribution in [0.1, 0.15) is 26.3 Å². The fourth-order valence-electron chi connectivity index (χ4n) is 1.19. The van der Waals surface area contributed by atoms with Gasteiger partial charge in [-0.05, 0) is 38.0 Å². The standard InChI is InChI=1S/C13H18O3/c1-4-11-5-7-12(8-6-11)16-13(14)9-15-10(2)3/h5-8,10H,4,9H2,1-3H3. The Morgan fingerprint density at radius 2 is 1.88 bits per heavy atom. The highest BCUT2D eigenvalue weighted by Gasteiger charge is 2.06. The van der Waals surface area contributed by atoms with E-state index in [1.54, 1.807) is 12.1 Å². The molecule has 0 atom stereocenters. The van der Waals surface area contributed by atoms with E-state index in [2.05, 4.69) is 6.92 Å². The van der Waals surface area contributed by atoms with Gasteiger partial charge in [0.15, 0.2) is 0 Å². The van der Waals surface area contributed by atoms with Crippen molar-refractivity contribution in [1.29, 1.82) is 0 Å². The van der Waals surface area contributed by atoms with Crippen molar-refractivity contribution < 1.29 is 14.3 Å². The van der Waals surface area contributed by atoms with Crippen molar-refractivity contribution in [2.45, 2.75) is 33.3 Å². The zero-order valence-corrected chi connectivity index (χ0v) is 10.0. The molecular formula is C13H18O3. The van der Waals surface area contributed by atoms with E-state index >= 15 is 0 Å². The Kier molecular flexibility index (Phi) is 4.99. The van der Waals surface area contributed by atoms with Crippen LogP contribution in [0.3, 0.4) is 0 Å². The largest absolute Gasteiger partial charge is 0.425 e. The van der Waals surface area contributed by atoms with Gasteiger partial charge >= 0.3 is 5.97 Å². The van der Waals surface area contributed by atoms with E-state index in [9.17, 15) is 4.79 Å². The Morgan fingerprint density at radius 3 is 2.38 bits per heavy atom. The lowest BCUT2D eigenvalue weighted by Crippen LogP contribution is -2.18. The number of rotatable bonds is 5. The number of aryl methyl sites for hydroxylation is 1. The molecule has 1 aromatic carbocycles. The van der Waals surface area contributed by atoms with Crippen molar-refractivity contribution in [1.82, 2.24) is 0 Å². The maximum Gasteiger partial charge on any atom is 0.337 e. The molecule has 0 radical (unpaired) electrons. The molecule has 0 fully saturated rings. The predicted molar refractivity (Wildman–Crippen MR) is 62.5 cm³/mol. The Labute approximate surface area is 96.4 Å². The second-order valence-electron chi connectivity index (χ2n) is 3.83. The number of carbonyl (C=O) groups is 1. The molecule has 0 aliphatic heterocycles. The van der Waals surface area contributed by atoms with Gasteiger partial charge in [0.2, 0.25) is 0 Å². The number of benzene rings is 1. The third kappa shape index (κ3) is 4.45. The number of ether oxygens (including phenoxy) is 2. The summed E-state index contributed by atoms with van der Waals surface area (Å²) < 4.78 is 10.2. The first-order chi connectivity index (χ1) is 7.61. The molecular weight excluding hydrogens is 204 g/mol. The monoisotopic (exact) mass is 222 g/mol. The van der Waals surface area contributed by atoms with E-state index in [0.29, 0.717) is 5.75 Å². The zero-order chi connectivity index (χ0) is 12.0. The van der Waals surface area contributed by atoms with Crippen molar-refractivity contribution in [3.8, 4) is 5.75 Å². The first-order valence-corrected chi connectivity index (χ1v) is 5.53. The molecule has 0 saturated carbocycles. The lowest BCUT2D eigenvalue weighted by atomic mass is 10.2. The molecule has 0 unspecified atom stereocenters. The summed E-state index contributed by atoms with van der Waals surface area (Å²) in [5, 5.41) is 0. The summed E-state index contributed by atoms with van der Waals surface area (Å²) in [7, 11) is 0. The normalized spacial score (nSPS) is 10.5. The number of carbonyl (C=O) groups excluding carboxylic acids is 1. The second kappa shape index (κ2) is 6.28. The van der Waals surface area contributed by atoms with Gasteiger partial charge in [0, 0.05) is 0 Å². The van der Waals surface area contributed by atoms with E-state index in [1.807, 2.05) is 26.0 Å². The van der Waals surface area contributed by atoms with E-state index in [0.717, 1.165) is 6.42 Å². The molecule has 0 aromatic heterocycles. The highest BCUT2D eigenvalue weighted by atomic mass is 16.6. The van der Waals surface area contributed by atoms with Crippen molar-refractivity contribution >= 4 is 5.97 Å².